The number of halogens is 3. The van der Waals surface area contributed by atoms with Crippen LogP contribution in [-0.4, -0.2) is 25.5 Å². The first kappa shape index (κ1) is 22.3. The molecule has 3 heterocycles. The van der Waals surface area contributed by atoms with Gasteiger partial charge in [-0.3, -0.25) is 15.1 Å². The third-order valence-electron chi connectivity index (χ3n) is 4.79. The van der Waals surface area contributed by atoms with Crippen LogP contribution in [0.25, 0.3) is 16.9 Å². The van der Waals surface area contributed by atoms with Crippen LogP contribution in [-0.2, 0) is 17.6 Å². The standard InChI is InChI=1S/C23H20F3N5O2/c1-14(2)21(32)29-22-28-20-5-3-4-18(31(20)30-22)16-7-9-17(10-8-16)33-13-15-6-11-19(27-12-15)23(24,25)26/h3-12,14H,13H2,1-2H3,(H,29,30,32). The smallest absolute Gasteiger partial charge is 0.433 e. The van der Waals surface area contributed by atoms with E-state index in [1.165, 1.54) is 6.07 Å². The van der Waals surface area contributed by atoms with E-state index in [4.69, 9.17) is 4.74 Å². The highest BCUT2D eigenvalue weighted by Crippen LogP contribution is 2.28. The number of amides is 1. The van der Waals surface area contributed by atoms with E-state index in [9.17, 15) is 18.0 Å². The van der Waals surface area contributed by atoms with Crippen LogP contribution in [0.15, 0.2) is 60.8 Å². The molecule has 0 aliphatic carbocycles. The van der Waals surface area contributed by atoms with Crippen LogP contribution in [0, 0.1) is 5.92 Å². The number of aromatic nitrogens is 4. The van der Waals surface area contributed by atoms with Crippen LogP contribution >= 0.6 is 0 Å². The summed E-state index contributed by atoms with van der Waals surface area (Å²) < 4.78 is 45.1. The van der Waals surface area contributed by atoms with Gasteiger partial charge in [0.2, 0.25) is 11.9 Å². The van der Waals surface area contributed by atoms with Crippen molar-refractivity contribution in [2.75, 3.05) is 5.32 Å². The quantitative estimate of drug-likeness (QED) is 0.443. The topological polar surface area (TPSA) is 81.4 Å². The Morgan fingerprint density at radius 2 is 1.85 bits per heavy atom. The number of alkyl halides is 3. The van der Waals surface area contributed by atoms with Crippen molar-refractivity contribution in [3.8, 4) is 17.0 Å². The van der Waals surface area contributed by atoms with Gasteiger partial charge in [-0.1, -0.05) is 26.0 Å². The third kappa shape index (κ3) is 5.11. The van der Waals surface area contributed by atoms with Crippen LogP contribution in [0.2, 0.25) is 0 Å². The SMILES string of the molecule is CC(C)C(=O)Nc1nc2cccc(-c3ccc(OCc4ccc(C(F)(F)F)nc4)cc3)n2n1. The molecule has 0 aliphatic heterocycles. The molecule has 0 bridgehead atoms. The number of carbonyl (C=O) groups is 1. The maximum Gasteiger partial charge on any atom is 0.433 e. The number of ether oxygens (including phenoxy) is 1. The number of benzene rings is 1. The third-order valence-corrected chi connectivity index (χ3v) is 4.79. The zero-order valence-corrected chi connectivity index (χ0v) is 17.8. The molecule has 3 aromatic heterocycles. The zero-order valence-electron chi connectivity index (χ0n) is 17.8. The van der Waals surface area contributed by atoms with Gasteiger partial charge in [-0.05, 0) is 42.5 Å². The second-order valence-corrected chi connectivity index (χ2v) is 7.62. The van der Waals surface area contributed by atoms with Gasteiger partial charge >= 0.3 is 6.18 Å². The number of carbonyl (C=O) groups excluding carboxylic acids is 1. The van der Waals surface area contributed by atoms with E-state index in [1.807, 2.05) is 24.3 Å². The Bertz CT molecular complexity index is 1270. The van der Waals surface area contributed by atoms with Gasteiger partial charge in [-0.15, -0.1) is 5.10 Å². The number of nitrogens with one attached hydrogen (secondary N) is 1. The fourth-order valence-electron chi connectivity index (χ4n) is 3.00. The predicted octanol–water partition coefficient (Wildman–Crippen LogP) is 4.98. The number of hydrogen-bond donors (Lipinski definition) is 1. The van der Waals surface area contributed by atoms with Crippen LogP contribution in [0.1, 0.15) is 25.1 Å². The van der Waals surface area contributed by atoms with Gasteiger partial charge in [0.15, 0.2) is 5.65 Å². The molecule has 170 valence electrons. The molecule has 10 heteroatoms. The fraction of sp³-hybridized carbons (Fsp3) is 0.217. The molecule has 0 aliphatic rings. The number of hydrogen-bond acceptors (Lipinski definition) is 5. The summed E-state index contributed by atoms with van der Waals surface area (Å²) in [4.78, 5) is 19.7. The molecular formula is C23H20F3N5O2. The van der Waals surface area contributed by atoms with Gasteiger partial charge in [-0.2, -0.15) is 18.2 Å². The lowest BCUT2D eigenvalue weighted by Gasteiger charge is -2.09. The Labute approximate surface area is 187 Å². The van der Waals surface area contributed by atoms with Crippen molar-refractivity contribution in [2.45, 2.75) is 26.6 Å². The molecule has 0 atom stereocenters. The Morgan fingerprint density at radius 3 is 2.48 bits per heavy atom. The van der Waals surface area contributed by atoms with Crippen LogP contribution in [0.4, 0.5) is 19.1 Å². The Balaban J connectivity index is 1.47. The first-order valence-corrected chi connectivity index (χ1v) is 10.1. The second kappa shape index (κ2) is 8.89. The van der Waals surface area contributed by atoms with Gasteiger partial charge in [0.05, 0.1) is 5.69 Å². The van der Waals surface area contributed by atoms with Gasteiger partial charge < -0.3 is 4.74 Å². The summed E-state index contributed by atoms with van der Waals surface area (Å²) in [5, 5.41) is 7.08. The molecule has 1 N–H and O–H groups in total. The first-order valence-electron chi connectivity index (χ1n) is 10.1. The number of rotatable bonds is 6. The van der Waals surface area contributed by atoms with E-state index < -0.39 is 11.9 Å². The van der Waals surface area contributed by atoms with E-state index in [0.717, 1.165) is 23.5 Å². The molecule has 0 spiro atoms. The van der Waals surface area contributed by atoms with Crippen molar-refractivity contribution in [3.63, 3.8) is 0 Å². The lowest BCUT2D eigenvalue weighted by atomic mass is 10.1. The van der Waals surface area contributed by atoms with Crippen molar-refractivity contribution in [1.29, 1.82) is 0 Å². The Hall–Kier alpha value is -3.95. The van der Waals surface area contributed by atoms with E-state index in [-0.39, 0.29) is 24.4 Å². The summed E-state index contributed by atoms with van der Waals surface area (Å²) in [6.45, 7) is 3.66. The molecule has 4 aromatic rings. The fourth-order valence-corrected chi connectivity index (χ4v) is 3.00. The predicted molar refractivity (Wildman–Crippen MR) is 115 cm³/mol. The van der Waals surface area contributed by atoms with Gasteiger partial charge in [0.25, 0.3) is 0 Å². The van der Waals surface area contributed by atoms with E-state index >= 15 is 0 Å². The molecule has 33 heavy (non-hydrogen) atoms. The number of nitrogens with zero attached hydrogens (tertiary/aromatic N) is 4. The van der Waals surface area contributed by atoms with E-state index in [2.05, 4.69) is 20.4 Å². The van der Waals surface area contributed by atoms with Crippen molar-refractivity contribution in [2.24, 2.45) is 5.92 Å². The molecule has 0 fully saturated rings. The number of pyridine rings is 2. The zero-order chi connectivity index (χ0) is 23.6. The molecule has 7 nitrogen and oxygen atoms in total. The molecule has 0 saturated carbocycles. The molecular weight excluding hydrogens is 435 g/mol. The first-order chi connectivity index (χ1) is 15.7. The number of anilines is 1. The lowest BCUT2D eigenvalue weighted by molar-refractivity contribution is -0.141. The molecule has 0 radical (unpaired) electrons. The van der Waals surface area contributed by atoms with Crippen molar-refractivity contribution in [1.82, 2.24) is 19.6 Å². The minimum Gasteiger partial charge on any atom is -0.489 e. The largest absolute Gasteiger partial charge is 0.489 e. The Kier molecular flexibility index (Phi) is 5.99. The summed E-state index contributed by atoms with van der Waals surface area (Å²) in [5.41, 5.74) is 1.78. The number of fused-ring (bicyclic) bond motifs is 1. The minimum absolute atomic E-state index is 0.0854. The maximum atomic E-state index is 12.6. The van der Waals surface area contributed by atoms with Crippen molar-refractivity contribution >= 4 is 17.5 Å². The summed E-state index contributed by atoms with van der Waals surface area (Å²) in [7, 11) is 0. The minimum atomic E-state index is -4.47. The van der Waals surface area contributed by atoms with Crippen molar-refractivity contribution in [3.05, 3.63) is 72.1 Å². The summed E-state index contributed by atoms with van der Waals surface area (Å²) in [6, 6.07) is 15.0. The van der Waals surface area contributed by atoms with E-state index in [1.54, 1.807) is 36.6 Å². The highest BCUT2D eigenvalue weighted by molar-refractivity contribution is 5.90. The monoisotopic (exact) mass is 455 g/mol. The van der Waals surface area contributed by atoms with Gasteiger partial charge in [-0.25, -0.2) is 4.52 Å². The molecule has 0 saturated heterocycles. The highest BCUT2D eigenvalue weighted by atomic mass is 19.4. The van der Waals surface area contributed by atoms with Crippen LogP contribution < -0.4 is 10.1 Å². The molecule has 1 aromatic carbocycles. The van der Waals surface area contributed by atoms with Crippen LogP contribution in [0.3, 0.4) is 0 Å². The molecule has 4 rings (SSSR count). The van der Waals surface area contributed by atoms with Crippen molar-refractivity contribution < 1.29 is 22.7 Å². The van der Waals surface area contributed by atoms with Crippen LogP contribution in [0.5, 0.6) is 5.75 Å². The van der Waals surface area contributed by atoms with Gasteiger partial charge in [0.1, 0.15) is 18.1 Å². The Morgan fingerprint density at radius 1 is 1.09 bits per heavy atom. The normalized spacial score (nSPS) is 11.7. The maximum absolute atomic E-state index is 12.6. The summed E-state index contributed by atoms with van der Waals surface area (Å²) in [5.74, 6) is 0.416. The summed E-state index contributed by atoms with van der Waals surface area (Å²) >= 11 is 0. The van der Waals surface area contributed by atoms with Gasteiger partial charge in [0, 0.05) is 23.2 Å². The highest BCUT2D eigenvalue weighted by Gasteiger charge is 2.32. The second-order valence-electron chi connectivity index (χ2n) is 7.62. The lowest BCUT2D eigenvalue weighted by Crippen LogP contribution is -2.18. The average Bonchev–Trinajstić information content (AvgIpc) is 3.20. The average molecular weight is 455 g/mol. The molecule has 1 amide bonds. The molecule has 0 unspecified atom stereocenters. The van der Waals surface area contributed by atoms with E-state index in [0.29, 0.717) is 17.0 Å². The summed E-state index contributed by atoms with van der Waals surface area (Å²) in [6.07, 6.45) is -3.32.